The van der Waals surface area contributed by atoms with Crippen LogP contribution in [0, 0.1) is 5.92 Å². The van der Waals surface area contributed by atoms with Crippen LogP contribution in [0.3, 0.4) is 0 Å². The van der Waals surface area contributed by atoms with Gasteiger partial charge in [0.2, 0.25) is 0 Å². The van der Waals surface area contributed by atoms with Crippen LogP contribution in [0.15, 0.2) is 17.4 Å². The maximum Gasteiger partial charge on any atom is 0.308 e. The van der Waals surface area contributed by atoms with Crippen molar-refractivity contribution < 1.29 is 9.53 Å². The number of carbonyl (C=O) groups excluding carboxylic acids is 1. The van der Waals surface area contributed by atoms with E-state index >= 15 is 0 Å². The number of methoxy groups -OCH3 is 1. The van der Waals surface area contributed by atoms with Gasteiger partial charge in [-0.05, 0) is 12.8 Å². The van der Waals surface area contributed by atoms with E-state index in [0.29, 0.717) is 6.54 Å². The number of esters is 1. The largest absolute Gasteiger partial charge is 0.469 e. The molecule has 0 unspecified atom stereocenters. The highest BCUT2D eigenvalue weighted by Crippen LogP contribution is 2.18. The number of likely N-dealkylation sites (tertiary alicyclic amines) is 1. The number of aromatic nitrogens is 2. The monoisotopic (exact) mass is 421 g/mol. The Morgan fingerprint density at radius 2 is 2.18 bits per heavy atom. The minimum absolute atomic E-state index is 0. The summed E-state index contributed by atoms with van der Waals surface area (Å²) in [5.74, 6) is 1.71. The Morgan fingerprint density at radius 3 is 2.68 bits per heavy atom. The molecule has 1 aliphatic rings. The Bertz CT molecular complexity index is 509. The molecular weight excluding hydrogens is 397 g/mol. The lowest BCUT2D eigenvalue weighted by molar-refractivity contribution is -0.146. The van der Waals surface area contributed by atoms with Crippen molar-refractivity contribution in [2.75, 3.05) is 27.2 Å². The van der Waals surface area contributed by atoms with Crippen LogP contribution in [0.5, 0.6) is 0 Å². The normalized spacial score (nSPS) is 16.1. The van der Waals surface area contributed by atoms with E-state index in [1.807, 2.05) is 17.8 Å². The summed E-state index contributed by atoms with van der Waals surface area (Å²) in [6.07, 6.45) is 5.30. The Kier molecular flexibility index (Phi) is 7.63. The van der Waals surface area contributed by atoms with Crippen LogP contribution in [0.2, 0.25) is 0 Å². The third kappa shape index (κ3) is 4.59. The first kappa shape index (κ1) is 18.7. The molecule has 1 aromatic heterocycles. The summed E-state index contributed by atoms with van der Waals surface area (Å²) in [4.78, 5) is 22.3. The summed E-state index contributed by atoms with van der Waals surface area (Å²) in [5.41, 5.74) is 0. The minimum atomic E-state index is -0.106. The number of carbonyl (C=O) groups is 1. The number of imidazole rings is 1. The first-order valence-corrected chi connectivity index (χ1v) is 7.15. The van der Waals surface area contributed by atoms with Crippen molar-refractivity contribution in [3.05, 3.63) is 18.2 Å². The number of aryl methyl sites for hydroxylation is 1. The molecule has 1 fully saturated rings. The summed E-state index contributed by atoms with van der Waals surface area (Å²) < 4.78 is 6.78. The number of nitrogens with zero attached hydrogens (tertiary/aromatic N) is 4. The summed E-state index contributed by atoms with van der Waals surface area (Å²) in [5, 5.41) is 3.32. The number of guanidine groups is 1. The second-order valence-electron chi connectivity index (χ2n) is 5.14. The van der Waals surface area contributed by atoms with Crippen LogP contribution in [-0.4, -0.2) is 53.6 Å². The molecule has 8 heteroatoms. The first-order valence-electron chi connectivity index (χ1n) is 7.15. The van der Waals surface area contributed by atoms with Crippen LogP contribution < -0.4 is 5.32 Å². The third-order valence-electron chi connectivity index (χ3n) is 3.87. The zero-order valence-electron chi connectivity index (χ0n) is 13.3. The molecule has 0 bridgehead atoms. The molecule has 2 heterocycles. The lowest BCUT2D eigenvalue weighted by atomic mass is 9.97. The number of nitrogens with one attached hydrogen (secondary N) is 1. The number of piperidine rings is 1. The molecule has 1 aromatic rings. The molecule has 0 atom stereocenters. The van der Waals surface area contributed by atoms with Crippen molar-refractivity contribution >= 4 is 35.9 Å². The molecule has 7 nitrogen and oxygen atoms in total. The van der Waals surface area contributed by atoms with Crippen molar-refractivity contribution in [2.24, 2.45) is 18.0 Å². The number of rotatable bonds is 3. The number of ether oxygens (including phenoxy) is 1. The number of hydrogen-bond acceptors (Lipinski definition) is 4. The van der Waals surface area contributed by atoms with Gasteiger partial charge in [0.05, 0.1) is 19.6 Å². The van der Waals surface area contributed by atoms with Crippen molar-refractivity contribution in [2.45, 2.75) is 19.4 Å². The fourth-order valence-electron chi connectivity index (χ4n) is 2.55. The van der Waals surface area contributed by atoms with E-state index in [2.05, 4.69) is 20.2 Å². The maximum absolute atomic E-state index is 11.5. The summed E-state index contributed by atoms with van der Waals surface area (Å²) in [6, 6.07) is 0. The van der Waals surface area contributed by atoms with Gasteiger partial charge in [0, 0.05) is 39.6 Å². The topological polar surface area (TPSA) is 71.8 Å². The molecular formula is C14H24IN5O2. The highest BCUT2D eigenvalue weighted by molar-refractivity contribution is 14.0. The van der Waals surface area contributed by atoms with Crippen molar-refractivity contribution in [1.29, 1.82) is 0 Å². The summed E-state index contributed by atoms with van der Waals surface area (Å²) >= 11 is 0. The quantitative estimate of drug-likeness (QED) is 0.341. The fourth-order valence-corrected chi connectivity index (χ4v) is 2.55. The molecule has 0 saturated carbocycles. The van der Waals surface area contributed by atoms with Crippen LogP contribution in [0.4, 0.5) is 0 Å². The zero-order chi connectivity index (χ0) is 15.2. The Morgan fingerprint density at radius 1 is 1.50 bits per heavy atom. The van der Waals surface area contributed by atoms with E-state index in [1.54, 1.807) is 13.2 Å². The van der Waals surface area contributed by atoms with Crippen LogP contribution >= 0.6 is 24.0 Å². The number of aliphatic imine (C=N–C) groups is 1. The van der Waals surface area contributed by atoms with Crippen molar-refractivity contribution in [3.63, 3.8) is 0 Å². The second kappa shape index (κ2) is 8.96. The van der Waals surface area contributed by atoms with E-state index in [-0.39, 0.29) is 35.9 Å². The predicted molar refractivity (Wildman–Crippen MR) is 95.1 cm³/mol. The van der Waals surface area contributed by atoms with E-state index in [0.717, 1.165) is 37.7 Å². The number of halogens is 1. The SMILES string of the molecule is CN=C(NCc1nccn1C)N1CCC(C(=O)OC)CC1.I. The molecule has 124 valence electrons. The highest BCUT2D eigenvalue weighted by atomic mass is 127. The smallest absolute Gasteiger partial charge is 0.308 e. The van der Waals surface area contributed by atoms with Gasteiger partial charge in [0.1, 0.15) is 5.82 Å². The van der Waals surface area contributed by atoms with Gasteiger partial charge < -0.3 is 19.5 Å². The summed E-state index contributed by atoms with van der Waals surface area (Å²) in [6.45, 7) is 2.24. The van der Waals surface area contributed by atoms with E-state index in [9.17, 15) is 4.79 Å². The number of hydrogen-bond donors (Lipinski definition) is 1. The Balaban J connectivity index is 0.00000242. The molecule has 22 heavy (non-hydrogen) atoms. The van der Waals surface area contributed by atoms with Gasteiger partial charge >= 0.3 is 5.97 Å². The maximum atomic E-state index is 11.5. The summed E-state index contributed by atoms with van der Waals surface area (Å²) in [7, 11) is 5.18. The second-order valence-corrected chi connectivity index (χ2v) is 5.14. The minimum Gasteiger partial charge on any atom is -0.469 e. The molecule has 1 aliphatic heterocycles. The first-order chi connectivity index (χ1) is 10.2. The van der Waals surface area contributed by atoms with Crippen molar-refractivity contribution in [1.82, 2.24) is 19.8 Å². The Hall–Kier alpha value is -1.32. The highest BCUT2D eigenvalue weighted by Gasteiger charge is 2.26. The molecule has 0 aromatic carbocycles. The molecule has 0 spiro atoms. The average molecular weight is 421 g/mol. The Labute approximate surface area is 148 Å². The van der Waals surface area contributed by atoms with Gasteiger partial charge in [-0.2, -0.15) is 0 Å². The third-order valence-corrected chi connectivity index (χ3v) is 3.87. The van der Waals surface area contributed by atoms with Gasteiger partial charge in [-0.25, -0.2) is 4.98 Å². The van der Waals surface area contributed by atoms with E-state index in [4.69, 9.17) is 4.74 Å². The zero-order valence-corrected chi connectivity index (χ0v) is 15.6. The fraction of sp³-hybridized carbons (Fsp3) is 0.643. The van der Waals surface area contributed by atoms with Gasteiger partial charge in [0.15, 0.2) is 5.96 Å². The standard InChI is InChI=1S/C14H23N5O2.HI/c1-15-14(17-10-12-16-6-9-18(12)2)19-7-4-11(5-8-19)13(20)21-3;/h6,9,11H,4-5,7-8,10H2,1-3H3,(H,15,17);1H. The van der Waals surface area contributed by atoms with Crippen molar-refractivity contribution in [3.8, 4) is 0 Å². The van der Waals surface area contributed by atoms with Gasteiger partial charge in [-0.15, -0.1) is 24.0 Å². The van der Waals surface area contributed by atoms with E-state index < -0.39 is 0 Å². The molecule has 0 aliphatic carbocycles. The predicted octanol–water partition coefficient (Wildman–Crippen LogP) is 0.998. The lowest BCUT2D eigenvalue weighted by Gasteiger charge is -2.33. The van der Waals surface area contributed by atoms with Crippen LogP contribution in [0.25, 0.3) is 0 Å². The van der Waals surface area contributed by atoms with Crippen LogP contribution in [-0.2, 0) is 23.1 Å². The molecule has 1 N–H and O–H groups in total. The molecule has 2 rings (SSSR count). The van der Waals surface area contributed by atoms with Crippen LogP contribution in [0.1, 0.15) is 18.7 Å². The van der Waals surface area contributed by atoms with Gasteiger partial charge in [-0.3, -0.25) is 9.79 Å². The molecule has 0 radical (unpaired) electrons. The van der Waals surface area contributed by atoms with Gasteiger partial charge in [0.25, 0.3) is 0 Å². The van der Waals surface area contributed by atoms with Gasteiger partial charge in [-0.1, -0.05) is 0 Å². The molecule has 1 saturated heterocycles. The lowest BCUT2D eigenvalue weighted by Crippen LogP contribution is -2.46. The van der Waals surface area contributed by atoms with E-state index in [1.165, 1.54) is 7.11 Å². The molecule has 0 amide bonds. The average Bonchev–Trinajstić information content (AvgIpc) is 2.93.